The van der Waals surface area contributed by atoms with E-state index in [1.807, 2.05) is 6.08 Å². The van der Waals surface area contributed by atoms with Crippen LogP contribution in [0.15, 0.2) is 35.6 Å². The molecule has 1 atom stereocenters. The van der Waals surface area contributed by atoms with Gasteiger partial charge in [0.15, 0.2) is 0 Å². The molecule has 1 N–H and O–H groups in total. The van der Waals surface area contributed by atoms with E-state index < -0.39 is 6.17 Å². The van der Waals surface area contributed by atoms with Gasteiger partial charge in [-0.15, -0.1) is 0 Å². The van der Waals surface area contributed by atoms with E-state index in [2.05, 4.69) is 11.4 Å². The normalized spacial score (nSPS) is 25.1. The molecule has 2 rings (SSSR count). The minimum atomic E-state index is -0.747. The molecule has 2 heterocycles. The first-order valence-electron chi connectivity index (χ1n) is 5.35. The highest BCUT2D eigenvalue weighted by Crippen LogP contribution is 2.22. The lowest BCUT2D eigenvalue weighted by atomic mass is 10.0. The fraction of sp³-hybridized carbons (Fsp3) is 0.455. The van der Waals surface area contributed by atoms with Gasteiger partial charge in [0.25, 0.3) is 0 Å². The Morgan fingerprint density at radius 3 is 3.06 bits per heavy atom. The van der Waals surface area contributed by atoms with E-state index in [0.717, 1.165) is 30.8 Å². The Labute approximate surface area is 94.3 Å². The zero-order chi connectivity index (χ0) is 11.5. The van der Waals surface area contributed by atoms with E-state index in [1.165, 1.54) is 0 Å². The van der Waals surface area contributed by atoms with E-state index in [-0.39, 0.29) is 4.92 Å². The third kappa shape index (κ3) is 1.99. The molecule has 0 saturated carbocycles. The molecular formula is C11H15N3O2. The van der Waals surface area contributed by atoms with Crippen molar-refractivity contribution in [3.8, 4) is 0 Å². The summed E-state index contributed by atoms with van der Waals surface area (Å²) in [4.78, 5) is 12.3. The predicted molar refractivity (Wildman–Crippen MR) is 61.3 cm³/mol. The second-order valence-electron chi connectivity index (χ2n) is 3.94. The highest BCUT2D eigenvalue weighted by atomic mass is 16.6. The number of rotatable bonds is 2. The van der Waals surface area contributed by atoms with Gasteiger partial charge < -0.3 is 10.2 Å². The first-order valence-corrected chi connectivity index (χ1v) is 5.35. The fourth-order valence-electron chi connectivity index (χ4n) is 2.02. The van der Waals surface area contributed by atoms with Gasteiger partial charge in [-0.3, -0.25) is 10.1 Å². The van der Waals surface area contributed by atoms with E-state index in [1.54, 1.807) is 24.1 Å². The van der Waals surface area contributed by atoms with Crippen molar-refractivity contribution in [3.05, 3.63) is 45.7 Å². The Morgan fingerprint density at radius 1 is 1.62 bits per heavy atom. The lowest BCUT2D eigenvalue weighted by molar-refractivity contribution is -0.532. The molecule has 2 aliphatic heterocycles. The zero-order valence-corrected chi connectivity index (χ0v) is 9.22. The molecule has 0 radical (unpaired) electrons. The molecule has 86 valence electrons. The molecule has 0 bridgehead atoms. The quantitative estimate of drug-likeness (QED) is 0.556. The number of likely N-dealkylation sites (N-methyl/N-ethyl adjacent to an activating group) is 1. The van der Waals surface area contributed by atoms with Crippen molar-refractivity contribution in [2.75, 3.05) is 20.1 Å². The average molecular weight is 221 g/mol. The molecule has 1 unspecified atom stereocenters. The van der Waals surface area contributed by atoms with Crippen molar-refractivity contribution in [1.29, 1.82) is 0 Å². The summed E-state index contributed by atoms with van der Waals surface area (Å²) in [6.07, 6.45) is 7.67. The van der Waals surface area contributed by atoms with Gasteiger partial charge >= 0.3 is 6.17 Å². The van der Waals surface area contributed by atoms with Gasteiger partial charge in [0.2, 0.25) is 0 Å². The smallest absolute Gasteiger partial charge is 0.306 e. The molecule has 0 aromatic heterocycles. The van der Waals surface area contributed by atoms with Gasteiger partial charge in [-0.05, 0) is 24.6 Å². The second kappa shape index (κ2) is 4.49. The lowest BCUT2D eigenvalue weighted by Crippen LogP contribution is -2.39. The lowest BCUT2D eigenvalue weighted by Gasteiger charge is -2.29. The van der Waals surface area contributed by atoms with E-state index in [9.17, 15) is 10.1 Å². The van der Waals surface area contributed by atoms with Crippen LogP contribution in [0.4, 0.5) is 0 Å². The molecule has 5 heteroatoms. The summed E-state index contributed by atoms with van der Waals surface area (Å²) < 4.78 is 0. The first kappa shape index (κ1) is 10.9. The van der Waals surface area contributed by atoms with Crippen molar-refractivity contribution in [1.82, 2.24) is 10.2 Å². The maximum atomic E-state index is 10.8. The van der Waals surface area contributed by atoms with Crippen LogP contribution < -0.4 is 5.32 Å². The Kier molecular flexibility index (Phi) is 3.05. The zero-order valence-electron chi connectivity index (χ0n) is 9.22. The molecule has 0 fully saturated rings. The van der Waals surface area contributed by atoms with Crippen molar-refractivity contribution in [2.24, 2.45) is 0 Å². The van der Waals surface area contributed by atoms with Crippen LogP contribution in [0.3, 0.4) is 0 Å². The van der Waals surface area contributed by atoms with Gasteiger partial charge in [-0.1, -0.05) is 12.2 Å². The van der Waals surface area contributed by atoms with Crippen LogP contribution in [0.2, 0.25) is 0 Å². The van der Waals surface area contributed by atoms with Gasteiger partial charge in [0, 0.05) is 30.3 Å². The molecule has 0 aromatic carbocycles. The van der Waals surface area contributed by atoms with Crippen LogP contribution in [0.1, 0.15) is 6.42 Å². The second-order valence-corrected chi connectivity index (χ2v) is 3.94. The number of nitro groups is 1. The van der Waals surface area contributed by atoms with Crippen molar-refractivity contribution in [3.63, 3.8) is 0 Å². The van der Waals surface area contributed by atoms with Crippen molar-refractivity contribution < 1.29 is 4.92 Å². The summed E-state index contributed by atoms with van der Waals surface area (Å²) in [6, 6.07) is 0. The number of allylic oxidation sites excluding steroid dienone is 2. The molecular weight excluding hydrogens is 206 g/mol. The summed E-state index contributed by atoms with van der Waals surface area (Å²) in [5, 5.41) is 14.1. The molecule has 0 aliphatic carbocycles. The highest BCUT2D eigenvalue weighted by molar-refractivity contribution is 5.37. The topological polar surface area (TPSA) is 58.4 Å². The molecule has 0 aromatic rings. The van der Waals surface area contributed by atoms with Crippen LogP contribution in [0.5, 0.6) is 0 Å². The van der Waals surface area contributed by atoms with Crippen LogP contribution in [0, 0.1) is 10.1 Å². The minimum absolute atomic E-state index is 0.277. The number of nitrogens with one attached hydrogen (secondary N) is 1. The summed E-state index contributed by atoms with van der Waals surface area (Å²) in [5.74, 6) is 0. The molecule has 2 aliphatic rings. The average Bonchev–Trinajstić information content (AvgIpc) is 2.30. The number of nitrogens with zero attached hydrogens (tertiary/aromatic N) is 2. The maximum absolute atomic E-state index is 10.8. The maximum Gasteiger partial charge on any atom is 0.306 e. The third-order valence-electron chi connectivity index (χ3n) is 2.89. The molecule has 0 saturated heterocycles. The number of hydrogen-bond donors (Lipinski definition) is 1. The Balaban J connectivity index is 2.21. The number of hydrogen-bond acceptors (Lipinski definition) is 4. The van der Waals surface area contributed by atoms with Gasteiger partial charge in [0.05, 0.1) is 0 Å². The van der Waals surface area contributed by atoms with Gasteiger partial charge in [0.1, 0.15) is 0 Å². The largest absolute Gasteiger partial charge is 0.312 e. The first-order chi connectivity index (χ1) is 7.70. The molecule has 0 spiro atoms. The Bertz CT molecular complexity index is 385. The summed E-state index contributed by atoms with van der Waals surface area (Å²) in [7, 11) is 1.76. The third-order valence-corrected chi connectivity index (χ3v) is 2.89. The highest BCUT2D eigenvalue weighted by Gasteiger charge is 2.27. The standard InChI is InChI=1S/C11H15N3O2/c1-13-10(9-4-3-7-12-8-9)5-2-6-11(13)14(15)16/h2,4-6,11-12H,3,7-8H2,1H3. The fourth-order valence-corrected chi connectivity index (χ4v) is 2.02. The van der Waals surface area contributed by atoms with Crippen LogP contribution in [-0.2, 0) is 0 Å². The molecule has 16 heavy (non-hydrogen) atoms. The summed E-state index contributed by atoms with van der Waals surface area (Å²) >= 11 is 0. The Morgan fingerprint density at radius 2 is 2.44 bits per heavy atom. The molecule has 0 amide bonds. The summed E-state index contributed by atoms with van der Waals surface area (Å²) in [6.45, 7) is 1.77. The van der Waals surface area contributed by atoms with E-state index in [4.69, 9.17) is 0 Å². The Hall–Kier alpha value is -1.62. The van der Waals surface area contributed by atoms with Crippen LogP contribution in [0.25, 0.3) is 0 Å². The minimum Gasteiger partial charge on any atom is -0.312 e. The van der Waals surface area contributed by atoms with E-state index in [0.29, 0.717) is 0 Å². The monoisotopic (exact) mass is 221 g/mol. The van der Waals surface area contributed by atoms with Crippen LogP contribution >= 0.6 is 0 Å². The van der Waals surface area contributed by atoms with Crippen molar-refractivity contribution in [2.45, 2.75) is 12.6 Å². The van der Waals surface area contributed by atoms with E-state index >= 15 is 0 Å². The van der Waals surface area contributed by atoms with Gasteiger partial charge in [-0.2, -0.15) is 0 Å². The SMILES string of the molecule is CN1C(C2=CCCNC2)=CC=CC1[N+](=O)[O-]. The van der Waals surface area contributed by atoms with Crippen molar-refractivity contribution >= 4 is 0 Å². The summed E-state index contributed by atoms with van der Waals surface area (Å²) in [5.41, 5.74) is 2.08. The predicted octanol–water partition coefficient (Wildman–Crippen LogP) is 0.894. The van der Waals surface area contributed by atoms with Crippen LogP contribution in [-0.4, -0.2) is 36.1 Å². The van der Waals surface area contributed by atoms with Gasteiger partial charge in [-0.25, -0.2) is 0 Å². The molecule has 5 nitrogen and oxygen atoms in total.